The van der Waals surface area contributed by atoms with E-state index in [0.29, 0.717) is 27.9 Å². The van der Waals surface area contributed by atoms with Crippen LogP contribution in [0.4, 0.5) is 4.79 Å². The normalized spacial score (nSPS) is 20.9. The zero-order valence-electron chi connectivity index (χ0n) is 26.0. The smallest absolute Gasteiger partial charge is 0.343 e. The number of carboxylic acid groups (broad SMARTS) is 1. The average molecular weight is 659 g/mol. The standard InChI is InChI=1S/C25H39N8O11P/c1-8-9-15-17-18(32(28-15)25(26)39)21(36)33(31-27-17)22-20(43-14(7)35)19(42-13(6)34)16(44-22)10-41-24(23(37)38)45(40,29-11(2)3)30-12(4)5/h11-12,16,19-20,22,24H,8-10H2,1-7H3,(H2,26,39)(H,37,38)(H2,29,30,40). The molecule has 1 fully saturated rings. The molecule has 0 bridgehead atoms. The van der Waals surface area contributed by atoms with Crippen LogP contribution in [0.25, 0.3) is 11.0 Å². The minimum Gasteiger partial charge on any atom is -0.479 e. The van der Waals surface area contributed by atoms with Gasteiger partial charge in [-0.2, -0.15) is 14.5 Å². The number of nitrogens with one attached hydrogen (secondary N) is 2. The molecule has 2 aromatic rings. The van der Waals surface area contributed by atoms with E-state index >= 15 is 0 Å². The summed E-state index contributed by atoms with van der Waals surface area (Å²) >= 11 is 0. The zero-order chi connectivity index (χ0) is 33.8. The van der Waals surface area contributed by atoms with E-state index < -0.39 is 86.0 Å². The predicted molar refractivity (Wildman–Crippen MR) is 155 cm³/mol. The Labute approximate surface area is 257 Å². The first-order valence-electron chi connectivity index (χ1n) is 14.2. The number of rotatable bonds is 14. The first-order valence-corrected chi connectivity index (χ1v) is 15.9. The van der Waals surface area contributed by atoms with Crippen LogP contribution in [0.3, 0.4) is 0 Å². The summed E-state index contributed by atoms with van der Waals surface area (Å²) < 4.78 is 37.6. The highest BCUT2D eigenvalue weighted by atomic mass is 31.2. The highest BCUT2D eigenvalue weighted by Gasteiger charge is 2.52. The van der Waals surface area contributed by atoms with Crippen molar-refractivity contribution in [2.45, 2.75) is 104 Å². The highest BCUT2D eigenvalue weighted by Crippen LogP contribution is 2.45. The van der Waals surface area contributed by atoms with Crippen molar-refractivity contribution in [3.63, 3.8) is 0 Å². The molecule has 250 valence electrons. The molecule has 45 heavy (non-hydrogen) atoms. The number of hydrogen-bond acceptors (Lipinski definition) is 13. The third kappa shape index (κ3) is 8.09. The van der Waals surface area contributed by atoms with Crippen LogP contribution in [-0.2, 0) is 44.3 Å². The summed E-state index contributed by atoms with van der Waals surface area (Å²) in [6.45, 7) is 10.0. The van der Waals surface area contributed by atoms with Crippen molar-refractivity contribution in [2.24, 2.45) is 5.73 Å². The second kappa shape index (κ2) is 14.6. The number of amides is 1. The molecule has 2 aromatic heterocycles. The summed E-state index contributed by atoms with van der Waals surface area (Å²) in [7, 11) is -3.97. The molecular formula is C25H39N8O11P. The van der Waals surface area contributed by atoms with E-state index in [0.717, 1.165) is 13.8 Å². The number of esters is 2. The quantitative estimate of drug-likeness (QED) is 0.157. The minimum atomic E-state index is -3.97. The highest BCUT2D eigenvalue weighted by molar-refractivity contribution is 7.61. The van der Waals surface area contributed by atoms with Crippen LogP contribution in [0.2, 0.25) is 0 Å². The molecule has 20 heteroatoms. The molecule has 1 saturated heterocycles. The number of ether oxygens (including phenoxy) is 4. The summed E-state index contributed by atoms with van der Waals surface area (Å²) in [5.74, 6) is -5.18. The predicted octanol–water partition coefficient (Wildman–Crippen LogP) is 0.245. The van der Waals surface area contributed by atoms with Crippen LogP contribution >= 0.6 is 7.44 Å². The van der Waals surface area contributed by atoms with Gasteiger partial charge in [-0.3, -0.25) is 18.9 Å². The van der Waals surface area contributed by atoms with E-state index in [4.69, 9.17) is 24.7 Å². The first-order chi connectivity index (χ1) is 21.0. The van der Waals surface area contributed by atoms with Crippen LogP contribution in [0.5, 0.6) is 0 Å². The van der Waals surface area contributed by atoms with Crippen molar-refractivity contribution in [1.82, 2.24) is 34.9 Å². The molecule has 5 unspecified atom stereocenters. The second-order valence-corrected chi connectivity index (χ2v) is 13.2. The van der Waals surface area contributed by atoms with Crippen LogP contribution in [0.1, 0.15) is 66.8 Å². The third-order valence-corrected chi connectivity index (χ3v) is 9.10. The number of aryl methyl sites for hydroxylation is 1. The lowest BCUT2D eigenvalue weighted by Crippen LogP contribution is -2.44. The maximum Gasteiger partial charge on any atom is 0.343 e. The van der Waals surface area contributed by atoms with Crippen molar-refractivity contribution in [2.75, 3.05) is 6.61 Å². The molecule has 0 aromatic carbocycles. The fourth-order valence-corrected chi connectivity index (χ4v) is 7.36. The number of fused-ring (bicyclic) bond motifs is 1. The monoisotopic (exact) mass is 658 g/mol. The number of nitrogens with two attached hydrogens (primary N) is 1. The zero-order valence-corrected chi connectivity index (χ0v) is 26.8. The fraction of sp³-hybridized carbons (Fsp3) is 0.680. The van der Waals surface area contributed by atoms with E-state index in [9.17, 15) is 33.6 Å². The van der Waals surface area contributed by atoms with Gasteiger partial charge in [-0.15, -0.1) is 5.10 Å². The number of carboxylic acids is 1. The number of nitrogens with zero attached hydrogens (tertiary/aromatic N) is 5. The Balaban J connectivity index is 2.09. The van der Waals surface area contributed by atoms with Crippen molar-refractivity contribution < 1.29 is 47.8 Å². The first kappa shape index (κ1) is 35.7. The fourth-order valence-electron chi connectivity index (χ4n) is 4.87. The Morgan fingerprint density at radius 3 is 2.13 bits per heavy atom. The molecule has 1 aliphatic rings. The molecule has 5 N–H and O–H groups in total. The molecule has 0 aliphatic carbocycles. The molecule has 1 amide bonds. The van der Waals surface area contributed by atoms with E-state index in [2.05, 4.69) is 25.6 Å². The third-order valence-electron chi connectivity index (χ3n) is 6.27. The molecule has 5 atom stereocenters. The van der Waals surface area contributed by atoms with Gasteiger partial charge in [-0.1, -0.05) is 18.6 Å². The summed E-state index contributed by atoms with van der Waals surface area (Å²) in [6, 6.07) is -1.89. The van der Waals surface area contributed by atoms with E-state index in [-0.39, 0.29) is 11.0 Å². The van der Waals surface area contributed by atoms with Crippen molar-refractivity contribution in [3.05, 3.63) is 16.0 Å². The van der Waals surface area contributed by atoms with Crippen molar-refractivity contribution in [1.29, 1.82) is 0 Å². The van der Waals surface area contributed by atoms with Gasteiger partial charge in [0.05, 0.1) is 12.3 Å². The van der Waals surface area contributed by atoms with Crippen LogP contribution in [0.15, 0.2) is 4.79 Å². The van der Waals surface area contributed by atoms with Gasteiger partial charge in [0, 0.05) is 25.9 Å². The molecule has 3 heterocycles. The number of aliphatic carboxylic acids is 1. The van der Waals surface area contributed by atoms with E-state index in [1.807, 2.05) is 6.92 Å². The Hall–Kier alpha value is -3.77. The molecule has 1 aliphatic heterocycles. The van der Waals surface area contributed by atoms with Gasteiger partial charge in [0.2, 0.25) is 5.85 Å². The molecular weight excluding hydrogens is 619 g/mol. The Morgan fingerprint density at radius 2 is 1.64 bits per heavy atom. The number of hydrogen-bond donors (Lipinski definition) is 4. The average Bonchev–Trinajstić information content (AvgIpc) is 3.42. The van der Waals surface area contributed by atoms with Crippen molar-refractivity contribution >= 4 is 42.4 Å². The second-order valence-electron chi connectivity index (χ2n) is 10.9. The largest absolute Gasteiger partial charge is 0.479 e. The molecule has 19 nitrogen and oxygen atoms in total. The van der Waals surface area contributed by atoms with Crippen LogP contribution < -0.4 is 21.5 Å². The minimum absolute atomic E-state index is 0.0192. The molecule has 3 rings (SSSR count). The lowest BCUT2D eigenvalue weighted by Gasteiger charge is -2.30. The SMILES string of the molecule is CCCc1nn(C(N)=O)c2c(=O)n(C3OC(COC(C(=O)O)P(=O)(NC(C)C)NC(C)C)C(OC(C)=O)C3OC(C)=O)nnc12. The van der Waals surface area contributed by atoms with Gasteiger partial charge in [0.1, 0.15) is 11.6 Å². The molecule has 0 radical (unpaired) electrons. The Morgan fingerprint density at radius 1 is 1.07 bits per heavy atom. The van der Waals surface area contributed by atoms with Crippen LogP contribution in [0, 0.1) is 0 Å². The van der Waals surface area contributed by atoms with Gasteiger partial charge >= 0.3 is 23.9 Å². The Kier molecular flexibility index (Phi) is 11.5. The summed E-state index contributed by atoms with van der Waals surface area (Å²) in [4.78, 5) is 62.4. The molecule has 0 spiro atoms. The summed E-state index contributed by atoms with van der Waals surface area (Å²) in [5, 5.41) is 27.5. The summed E-state index contributed by atoms with van der Waals surface area (Å²) in [5.41, 5.74) is 4.50. The summed E-state index contributed by atoms with van der Waals surface area (Å²) in [6.07, 6.45) is -5.02. The number of aromatic nitrogens is 5. The van der Waals surface area contributed by atoms with E-state index in [1.165, 1.54) is 0 Å². The van der Waals surface area contributed by atoms with Gasteiger partial charge in [0.15, 0.2) is 24.0 Å². The number of carbonyl (C=O) groups excluding carboxylic acids is 3. The number of carbonyl (C=O) groups is 4. The van der Waals surface area contributed by atoms with Gasteiger partial charge in [-0.05, 0) is 34.1 Å². The maximum atomic E-state index is 13.8. The lowest BCUT2D eigenvalue weighted by molar-refractivity contribution is -0.166. The lowest BCUT2D eigenvalue weighted by atomic mass is 10.1. The molecule has 0 saturated carbocycles. The van der Waals surface area contributed by atoms with E-state index in [1.54, 1.807) is 27.7 Å². The van der Waals surface area contributed by atoms with Crippen LogP contribution in [-0.4, -0.2) is 96.7 Å². The van der Waals surface area contributed by atoms with Gasteiger partial charge in [-0.25, -0.2) is 19.8 Å². The maximum absolute atomic E-state index is 13.8. The van der Waals surface area contributed by atoms with Gasteiger partial charge in [0.25, 0.3) is 13.0 Å². The Bertz CT molecular complexity index is 1530. The van der Waals surface area contributed by atoms with Crippen molar-refractivity contribution in [3.8, 4) is 0 Å². The van der Waals surface area contributed by atoms with Gasteiger partial charge < -0.3 is 29.8 Å². The topological polar surface area (TPSA) is 258 Å². The number of primary amides is 1.